The molecule has 0 saturated heterocycles. The highest BCUT2D eigenvalue weighted by Crippen LogP contribution is 2.29. The summed E-state index contributed by atoms with van der Waals surface area (Å²) in [6.07, 6.45) is 0.240. The molecule has 0 heterocycles. The van der Waals surface area contributed by atoms with Crippen LogP contribution < -0.4 is 10.6 Å². The Morgan fingerprint density at radius 3 is 2.48 bits per heavy atom. The van der Waals surface area contributed by atoms with Gasteiger partial charge in [-0.25, -0.2) is 0 Å². The van der Waals surface area contributed by atoms with Crippen LogP contribution in [-0.4, -0.2) is 40.3 Å². The quantitative estimate of drug-likeness (QED) is 0.302. The molecule has 0 radical (unpaired) electrons. The van der Waals surface area contributed by atoms with E-state index in [9.17, 15) is 17.4 Å². The number of halogens is 4. The minimum Gasteiger partial charge on any atom is -0.357 e. The van der Waals surface area contributed by atoms with Crippen LogP contribution in [0.2, 0.25) is 0 Å². The Labute approximate surface area is 191 Å². The molecule has 1 aliphatic carbocycles. The smallest absolute Gasteiger partial charge is 0.357 e. The number of hydrogen-bond donors (Lipinski definition) is 2. The van der Waals surface area contributed by atoms with E-state index < -0.39 is 22.5 Å². The first-order valence-electron chi connectivity index (χ1n) is 9.91. The van der Waals surface area contributed by atoms with E-state index in [4.69, 9.17) is 0 Å². The van der Waals surface area contributed by atoms with Crippen molar-refractivity contribution in [3.63, 3.8) is 0 Å². The summed E-state index contributed by atoms with van der Waals surface area (Å²) in [6.45, 7) is 5.16. The first-order valence-corrected chi connectivity index (χ1v) is 11.3. The number of guanidine groups is 1. The van der Waals surface area contributed by atoms with Crippen LogP contribution >= 0.6 is 24.0 Å². The molecule has 9 heteroatoms. The second kappa shape index (κ2) is 12.8. The van der Waals surface area contributed by atoms with Gasteiger partial charge in [0.2, 0.25) is 0 Å². The highest BCUT2D eigenvalue weighted by atomic mass is 127. The topological polar surface area (TPSA) is 53.5 Å². The van der Waals surface area contributed by atoms with E-state index >= 15 is 0 Å². The fourth-order valence-electron chi connectivity index (χ4n) is 3.42. The van der Waals surface area contributed by atoms with E-state index in [1.54, 1.807) is 0 Å². The first-order chi connectivity index (χ1) is 13.3. The summed E-state index contributed by atoms with van der Waals surface area (Å²) >= 11 is 0. The zero-order valence-corrected chi connectivity index (χ0v) is 20.1. The van der Waals surface area contributed by atoms with Gasteiger partial charge in [-0.3, -0.25) is 9.20 Å². The van der Waals surface area contributed by atoms with E-state index in [1.807, 2.05) is 13.8 Å². The molecule has 0 amide bonds. The number of hydrogen-bond acceptors (Lipinski definition) is 2. The van der Waals surface area contributed by atoms with Crippen molar-refractivity contribution in [1.82, 2.24) is 10.6 Å². The van der Waals surface area contributed by atoms with Crippen molar-refractivity contribution in [1.29, 1.82) is 0 Å². The molecule has 0 aliphatic heterocycles. The number of nitrogens with one attached hydrogen (secondary N) is 2. The average molecular weight is 545 g/mol. The molecule has 29 heavy (non-hydrogen) atoms. The van der Waals surface area contributed by atoms with Gasteiger partial charge in [0.05, 0.1) is 5.56 Å². The van der Waals surface area contributed by atoms with Gasteiger partial charge in [0.25, 0.3) is 0 Å². The van der Waals surface area contributed by atoms with Gasteiger partial charge in [-0.05, 0) is 50.3 Å². The molecule has 0 spiro atoms. The first kappa shape index (κ1) is 26.2. The SMILES string of the molecule is CCNC(=NCCc1ccc(C(F)(F)F)cc1)NC1CCCC(S(=O)CC)C1.I. The number of benzene rings is 1. The van der Waals surface area contributed by atoms with Gasteiger partial charge in [-0.1, -0.05) is 25.5 Å². The average Bonchev–Trinajstić information content (AvgIpc) is 2.67. The molecule has 166 valence electrons. The van der Waals surface area contributed by atoms with Crippen molar-refractivity contribution in [2.75, 3.05) is 18.8 Å². The molecular weight excluding hydrogens is 514 g/mol. The monoisotopic (exact) mass is 545 g/mol. The molecule has 3 atom stereocenters. The Balaban J connectivity index is 0.00000420. The summed E-state index contributed by atoms with van der Waals surface area (Å²) in [7, 11) is -0.772. The Hall–Kier alpha value is -0.840. The summed E-state index contributed by atoms with van der Waals surface area (Å²) in [5.41, 5.74) is 0.190. The molecule has 0 bridgehead atoms. The molecule has 1 saturated carbocycles. The van der Waals surface area contributed by atoms with Crippen LogP contribution in [0.25, 0.3) is 0 Å². The van der Waals surface area contributed by atoms with Crippen LogP contribution in [0.3, 0.4) is 0 Å². The van der Waals surface area contributed by atoms with Crippen molar-refractivity contribution in [2.45, 2.75) is 63.4 Å². The third-order valence-electron chi connectivity index (χ3n) is 4.92. The van der Waals surface area contributed by atoms with Crippen molar-refractivity contribution in [3.8, 4) is 0 Å². The maximum Gasteiger partial charge on any atom is 0.416 e. The van der Waals surface area contributed by atoms with Crippen LogP contribution in [0.1, 0.15) is 50.7 Å². The lowest BCUT2D eigenvalue weighted by Gasteiger charge is -2.30. The zero-order valence-electron chi connectivity index (χ0n) is 16.9. The molecular formula is C20H31F3IN3OS. The van der Waals surface area contributed by atoms with Crippen LogP contribution in [-0.2, 0) is 23.4 Å². The Morgan fingerprint density at radius 2 is 1.90 bits per heavy atom. The van der Waals surface area contributed by atoms with Gasteiger partial charge in [0.1, 0.15) is 0 Å². The second-order valence-corrected chi connectivity index (χ2v) is 9.01. The fraction of sp³-hybridized carbons (Fsp3) is 0.650. The summed E-state index contributed by atoms with van der Waals surface area (Å²) in [5, 5.41) is 6.90. The number of nitrogens with zero attached hydrogens (tertiary/aromatic N) is 1. The van der Waals surface area contributed by atoms with Crippen molar-refractivity contribution < 1.29 is 17.4 Å². The standard InChI is InChI=1S/C20H30F3N3OS.HI/c1-3-24-19(26-17-6-5-7-18(14-17)28(27)4-2)25-13-12-15-8-10-16(11-9-15)20(21,22)23;/h8-11,17-18H,3-7,12-14H2,1-2H3,(H2,24,25,26);1H. The van der Waals surface area contributed by atoms with E-state index in [0.717, 1.165) is 49.9 Å². The summed E-state index contributed by atoms with van der Waals surface area (Å²) in [5.74, 6) is 1.40. The third kappa shape index (κ3) is 8.82. The summed E-state index contributed by atoms with van der Waals surface area (Å²) < 4.78 is 50.0. The highest BCUT2D eigenvalue weighted by molar-refractivity contribution is 14.0. The molecule has 2 N–H and O–H groups in total. The van der Waals surface area contributed by atoms with Gasteiger partial charge >= 0.3 is 6.18 Å². The summed E-state index contributed by atoms with van der Waals surface area (Å²) in [6, 6.07) is 5.48. The molecule has 1 aromatic carbocycles. The fourth-order valence-corrected chi connectivity index (χ4v) is 4.77. The predicted octanol–water partition coefficient (Wildman–Crippen LogP) is 4.50. The molecule has 1 aromatic rings. The van der Waals surface area contributed by atoms with E-state index in [0.29, 0.717) is 24.7 Å². The van der Waals surface area contributed by atoms with Crippen molar-refractivity contribution >= 4 is 40.7 Å². The number of rotatable bonds is 7. The van der Waals surface area contributed by atoms with E-state index in [-0.39, 0.29) is 35.3 Å². The number of alkyl halides is 3. The van der Waals surface area contributed by atoms with Crippen LogP contribution in [0.4, 0.5) is 13.2 Å². The minimum atomic E-state index is -4.31. The predicted molar refractivity (Wildman–Crippen MR) is 124 cm³/mol. The van der Waals surface area contributed by atoms with Gasteiger partial charge in [-0.15, -0.1) is 24.0 Å². The van der Waals surface area contributed by atoms with Crippen molar-refractivity contribution in [2.24, 2.45) is 4.99 Å². The minimum absolute atomic E-state index is 0. The van der Waals surface area contributed by atoms with Crippen LogP contribution in [0.15, 0.2) is 29.3 Å². The molecule has 2 rings (SSSR count). The maximum atomic E-state index is 12.6. The van der Waals surface area contributed by atoms with Gasteiger partial charge in [0.15, 0.2) is 5.96 Å². The van der Waals surface area contributed by atoms with Gasteiger partial charge in [-0.2, -0.15) is 13.2 Å². The Bertz CT molecular complexity index is 668. The molecule has 1 fully saturated rings. The molecule has 4 nitrogen and oxygen atoms in total. The number of aliphatic imine (C=N–C) groups is 1. The second-order valence-electron chi connectivity index (χ2n) is 7.00. The largest absolute Gasteiger partial charge is 0.416 e. The highest BCUT2D eigenvalue weighted by Gasteiger charge is 2.30. The normalized spacial score (nSPS) is 21.2. The molecule has 1 aliphatic rings. The van der Waals surface area contributed by atoms with Crippen LogP contribution in [0, 0.1) is 0 Å². The van der Waals surface area contributed by atoms with E-state index in [2.05, 4.69) is 15.6 Å². The van der Waals surface area contributed by atoms with Gasteiger partial charge < -0.3 is 10.6 Å². The lowest BCUT2D eigenvalue weighted by atomic mass is 9.95. The van der Waals surface area contributed by atoms with Gasteiger partial charge in [0, 0.05) is 40.9 Å². The van der Waals surface area contributed by atoms with Crippen LogP contribution in [0.5, 0.6) is 0 Å². The molecule has 3 unspecified atom stereocenters. The van der Waals surface area contributed by atoms with Crippen molar-refractivity contribution in [3.05, 3.63) is 35.4 Å². The summed E-state index contributed by atoms with van der Waals surface area (Å²) in [4.78, 5) is 4.56. The lowest BCUT2D eigenvalue weighted by Crippen LogP contribution is -2.46. The Morgan fingerprint density at radius 1 is 1.21 bits per heavy atom. The molecule has 0 aromatic heterocycles. The zero-order chi connectivity index (χ0) is 20.6. The third-order valence-corrected chi connectivity index (χ3v) is 6.66. The van der Waals surface area contributed by atoms with E-state index in [1.165, 1.54) is 12.1 Å². The lowest BCUT2D eigenvalue weighted by molar-refractivity contribution is -0.137. The Kier molecular flexibility index (Phi) is 11.5. The maximum absolute atomic E-state index is 12.6.